The van der Waals surface area contributed by atoms with E-state index >= 15 is 0 Å². The second kappa shape index (κ2) is 5.26. The van der Waals surface area contributed by atoms with Crippen LogP contribution in [0.4, 0.5) is 0 Å². The Hall–Kier alpha value is -0.900. The van der Waals surface area contributed by atoms with Crippen molar-refractivity contribution in [2.24, 2.45) is 5.92 Å². The zero-order valence-electron chi connectivity index (χ0n) is 9.66. The van der Waals surface area contributed by atoms with Gasteiger partial charge < -0.3 is 4.74 Å². The van der Waals surface area contributed by atoms with Gasteiger partial charge in [0.1, 0.15) is 0 Å². The summed E-state index contributed by atoms with van der Waals surface area (Å²) in [6.07, 6.45) is 2.05. The highest BCUT2D eigenvalue weighted by Gasteiger charge is 2.15. The Morgan fingerprint density at radius 2 is 2.20 bits per heavy atom. The van der Waals surface area contributed by atoms with Crippen LogP contribution in [0, 0.1) is 12.8 Å². The number of nitrogens with zero attached hydrogens (tertiary/aromatic N) is 1. The molecular formula is C11H17NO2S. The lowest BCUT2D eigenvalue weighted by molar-refractivity contribution is 0.0594. The van der Waals surface area contributed by atoms with Gasteiger partial charge in [-0.1, -0.05) is 13.8 Å². The van der Waals surface area contributed by atoms with E-state index in [0.717, 1.165) is 22.7 Å². The van der Waals surface area contributed by atoms with Crippen molar-refractivity contribution < 1.29 is 9.53 Å². The lowest BCUT2D eigenvalue weighted by Gasteiger charge is -2.00. The number of hydrogen-bond acceptors (Lipinski definition) is 4. The van der Waals surface area contributed by atoms with E-state index in [1.54, 1.807) is 11.3 Å². The van der Waals surface area contributed by atoms with Crippen molar-refractivity contribution in [1.82, 2.24) is 4.98 Å². The molecule has 3 nitrogen and oxygen atoms in total. The Morgan fingerprint density at radius 1 is 1.53 bits per heavy atom. The molecule has 0 aliphatic rings. The number of aryl methyl sites for hydroxylation is 2. The average Bonchev–Trinajstić information content (AvgIpc) is 2.55. The van der Waals surface area contributed by atoms with Crippen LogP contribution in [0.5, 0.6) is 0 Å². The van der Waals surface area contributed by atoms with E-state index in [2.05, 4.69) is 23.6 Å². The van der Waals surface area contributed by atoms with Gasteiger partial charge in [-0.2, -0.15) is 0 Å². The first kappa shape index (κ1) is 12.2. The summed E-state index contributed by atoms with van der Waals surface area (Å²) in [5, 5.41) is 1.03. The summed E-state index contributed by atoms with van der Waals surface area (Å²) in [5.41, 5.74) is 0.473. The van der Waals surface area contributed by atoms with Crippen LogP contribution in [0.2, 0.25) is 0 Å². The minimum atomic E-state index is -0.334. The molecule has 1 aromatic heterocycles. The van der Waals surface area contributed by atoms with Crippen molar-refractivity contribution in [3.63, 3.8) is 0 Å². The molecule has 15 heavy (non-hydrogen) atoms. The molecule has 0 amide bonds. The van der Waals surface area contributed by atoms with Crippen LogP contribution < -0.4 is 0 Å². The predicted molar refractivity (Wildman–Crippen MR) is 61.3 cm³/mol. The minimum absolute atomic E-state index is 0.334. The van der Waals surface area contributed by atoms with Crippen LogP contribution in [0.3, 0.4) is 0 Å². The van der Waals surface area contributed by atoms with Gasteiger partial charge in [-0.3, -0.25) is 0 Å². The van der Waals surface area contributed by atoms with Gasteiger partial charge >= 0.3 is 5.97 Å². The van der Waals surface area contributed by atoms with Gasteiger partial charge in [0.05, 0.1) is 12.1 Å². The van der Waals surface area contributed by atoms with Gasteiger partial charge in [0, 0.05) is 4.88 Å². The maximum Gasteiger partial charge on any atom is 0.357 e. The molecular weight excluding hydrogens is 210 g/mol. The van der Waals surface area contributed by atoms with Crippen molar-refractivity contribution in [3.05, 3.63) is 15.6 Å². The number of thiazole rings is 1. The third-order valence-electron chi connectivity index (χ3n) is 2.16. The Kier molecular flexibility index (Phi) is 4.27. The van der Waals surface area contributed by atoms with Crippen molar-refractivity contribution in [2.75, 3.05) is 7.11 Å². The standard InChI is InChI=1S/C11H17NO2S/c1-7(2)5-6-9-12-10(8(3)15-9)11(13)14-4/h7H,5-6H2,1-4H3. The lowest BCUT2D eigenvalue weighted by atomic mass is 10.1. The van der Waals surface area contributed by atoms with Gasteiger partial charge in [0.15, 0.2) is 5.69 Å². The Labute approximate surface area is 94.5 Å². The van der Waals surface area contributed by atoms with Crippen molar-refractivity contribution in [1.29, 1.82) is 0 Å². The molecule has 0 saturated carbocycles. The quantitative estimate of drug-likeness (QED) is 0.742. The monoisotopic (exact) mass is 227 g/mol. The Morgan fingerprint density at radius 3 is 2.73 bits per heavy atom. The third-order valence-corrected chi connectivity index (χ3v) is 3.19. The highest BCUT2D eigenvalue weighted by Crippen LogP contribution is 2.20. The molecule has 0 saturated heterocycles. The van der Waals surface area contributed by atoms with Crippen LogP contribution in [0.25, 0.3) is 0 Å². The molecule has 0 aliphatic carbocycles. The Balaban J connectivity index is 2.72. The van der Waals surface area contributed by atoms with E-state index in [9.17, 15) is 4.79 Å². The molecule has 0 radical (unpaired) electrons. The number of methoxy groups -OCH3 is 1. The SMILES string of the molecule is COC(=O)c1nc(CCC(C)C)sc1C. The number of carbonyl (C=O) groups excluding carboxylic acids is 1. The third kappa shape index (κ3) is 3.30. The zero-order chi connectivity index (χ0) is 11.4. The van der Waals surface area contributed by atoms with Crippen LogP contribution in [0.1, 0.15) is 40.6 Å². The van der Waals surface area contributed by atoms with E-state index in [1.807, 2.05) is 6.92 Å². The molecule has 0 fully saturated rings. The van der Waals surface area contributed by atoms with Crippen molar-refractivity contribution in [2.45, 2.75) is 33.6 Å². The summed E-state index contributed by atoms with van der Waals surface area (Å²) >= 11 is 1.59. The smallest absolute Gasteiger partial charge is 0.357 e. The maximum absolute atomic E-state index is 11.3. The topological polar surface area (TPSA) is 39.2 Å². The summed E-state index contributed by atoms with van der Waals surface area (Å²) in [5.74, 6) is 0.329. The van der Waals surface area contributed by atoms with Gasteiger partial charge in [-0.15, -0.1) is 11.3 Å². The van der Waals surface area contributed by atoms with Crippen LogP contribution in [-0.4, -0.2) is 18.1 Å². The van der Waals surface area contributed by atoms with Crippen molar-refractivity contribution in [3.8, 4) is 0 Å². The van der Waals surface area contributed by atoms with Crippen molar-refractivity contribution >= 4 is 17.3 Å². The van der Waals surface area contributed by atoms with Crippen LogP contribution in [0.15, 0.2) is 0 Å². The molecule has 0 atom stereocenters. The summed E-state index contributed by atoms with van der Waals surface area (Å²) in [4.78, 5) is 16.5. The molecule has 1 rings (SSSR count). The molecule has 0 aliphatic heterocycles. The summed E-state index contributed by atoms with van der Waals surface area (Å²) < 4.78 is 4.66. The lowest BCUT2D eigenvalue weighted by Crippen LogP contribution is -2.03. The van der Waals surface area contributed by atoms with Crippen LogP contribution >= 0.6 is 11.3 Å². The number of aromatic nitrogens is 1. The van der Waals surface area contributed by atoms with E-state index < -0.39 is 0 Å². The van der Waals surface area contributed by atoms with E-state index in [1.165, 1.54) is 7.11 Å². The highest BCUT2D eigenvalue weighted by atomic mass is 32.1. The fourth-order valence-electron chi connectivity index (χ4n) is 1.26. The van der Waals surface area contributed by atoms with Crippen LogP contribution in [-0.2, 0) is 11.2 Å². The first-order chi connectivity index (χ1) is 7.04. The van der Waals surface area contributed by atoms with Gasteiger partial charge in [-0.25, -0.2) is 9.78 Å². The predicted octanol–water partition coefficient (Wildman–Crippen LogP) is 2.83. The van der Waals surface area contributed by atoms with E-state index in [-0.39, 0.29) is 5.97 Å². The molecule has 0 spiro atoms. The number of carbonyl (C=O) groups is 1. The maximum atomic E-state index is 11.3. The molecule has 0 unspecified atom stereocenters. The molecule has 0 bridgehead atoms. The minimum Gasteiger partial charge on any atom is -0.464 e. The number of esters is 1. The normalized spacial score (nSPS) is 10.7. The second-order valence-electron chi connectivity index (χ2n) is 3.94. The van der Waals surface area contributed by atoms with Gasteiger partial charge in [0.25, 0.3) is 0 Å². The fourth-order valence-corrected chi connectivity index (χ4v) is 2.19. The number of rotatable bonds is 4. The molecule has 1 aromatic rings. The molecule has 84 valence electrons. The second-order valence-corrected chi connectivity index (χ2v) is 5.22. The summed E-state index contributed by atoms with van der Waals surface area (Å²) in [7, 11) is 1.38. The highest BCUT2D eigenvalue weighted by molar-refractivity contribution is 7.11. The Bertz CT molecular complexity index is 344. The largest absolute Gasteiger partial charge is 0.464 e. The van der Waals surface area contributed by atoms with E-state index in [4.69, 9.17) is 0 Å². The summed E-state index contributed by atoms with van der Waals surface area (Å²) in [6, 6.07) is 0. The molecule has 1 heterocycles. The molecule has 0 N–H and O–H groups in total. The number of hydrogen-bond donors (Lipinski definition) is 0. The first-order valence-electron chi connectivity index (χ1n) is 5.09. The molecule has 4 heteroatoms. The van der Waals surface area contributed by atoms with Gasteiger partial charge in [-0.05, 0) is 25.7 Å². The summed E-state index contributed by atoms with van der Waals surface area (Å²) in [6.45, 7) is 6.27. The van der Waals surface area contributed by atoms with Gasteiger partial charge in [0.2, 0.25) is 0 Å². The molecule has 0 aromatic carbocycles. The first-order valence-corrected chi connectivity index (χ1v) is 5.90. The van der Waals surface area contributed by atoms with E-state index in [0.29, 0.717) is 11.6 Å². The zero-order valence-corrected chi connectivity index (χ0v) is 10.5. The fraction of sp³-hybridized carbons (Fsp3) is 0.636. The number of ether oxygens (including phenoxy) is 1. The average molecular weight is 227 g/mol.